The number of carbonyl (C=O) groups excluding carboxylic acids is 1. The van der Waals surface area contributed by atoms with Crippen molar-refractivity contribution in [3.05, 3.63) is 46.1 Å². The number of benzene rings is 1. The van der Waals surface area contributed by atoms with Crippen molar-refractivity contribution in [2.24, 2.45) is 0 Å². The molecule has 2 aromatic rings. The maximum Gasteiger partial charge on any atom is 0.329 e. The number of hydrogen-bond acceptors (Lipinski definition) is 7. The second-order valence-electron chi connectivity index (χ2n) is 4.78. The summed E-state index contributed by atoms with van der Waals surface area (Å²) in [6.07, 6.45) is 1.77. The van der Waals surface area contributed by atoms with E-state index in [-0.39, 0.29) is 23.4 Å². The highest BCUT2D eigenvalue weighted by atomic mass is 16.6. The van der Waals surface area contributed by atoms with E-state index in [2.05, 4.69) is 20.6 Å². The SMILES string of the molecule is CC(=O)Nc1ccc(CCNc2ncc([N+](=O)[O-])c(N)n2)cc1. The summed E-state index contributed by atoms with van der Waals surface area (Å²) in [7, 11) is 0. The molecule has 0 aliphatic heterocycles. The maximum atomic E-state index is 10.9. The van der Waals surface area contributed by atoms with Crippen LogP contribution in [0.2, 0.25) is 0 Å². The Kier molecular flexibility index (Phi) is 5.03. The summed E-state index contributed by atoms with van der Waals surface area (Å²) < 4.78 is 0. The van der Waals surface area contributed by atoms with Gasteiger partial charge in [-0.3, -0.25) is 14.9 Å². The first-order chi connectivity index (χ1) is 11.0. The second-order valence-corrected chi connectivity index (χ2v) is 4.78. The average molecular weight is 316 g/mol. The number of hydrogen-bond donors (Lipinski definition) is 3. The largest absolute Gasteiger partial charge is 0.378 e. The van der Waals surface area contributed by atoms with Crippen LogP contribution in [-0.4, -0.2) is 27.3 Å². The van der Waals surface area contributed by atoms with Gasteiger partial charge in [-0.15, -0.1) is 0 Å². The van der Waals surface area contributed by atoms with Crippen LogP contribution in [0, 0.1) is 10.1 Å². The summed E-state index contributed by atoms with van der Waals surface area (Å²) >= 11 is 0. The highest BCUT2D eigenvalue weighted by Gasteiger charge is 2.13. The zero-order valence-electron chi connectivity index (χ0n) is 12.4. The van der Waals surface area contributed by atoms with Crippen molar-refractivity contribution in [1.82, 2.24) is 9.97 Å². The van der Waals surface area contributed by atoms with E-state index in [1.165, 1.54) is 6.92 Å². The van der Waals surface area contributed by atoms with Gasteiger partial charge in [0.05, 0.1) is 4.92 Å². The Bertz CT molecular complexity index is 717. The minimum absolute atomic E-state index is 0.118. The highest BCUT2D eigenvalue weighted by molar-refractivity contribution is 5.88. The molecule has 0 aliphatic carbocycles. The number of amides is 1. The van der Waals surface area contributed by atoms with Crippen molar-refractivity contribution < 1.29 is 9.72 Å². The number of rotatable bonds is 6. The number of anilines is 3. The molecule has 0 fully saturated rings. The molecule has 0 saturated heterocycles. The van der Waals surface area contributed by atoms with Crippen molar-refractivity contribution in [3.8, 4) is 0 Å². The number of aromatic nitrogens is 2. The molecule has 0 unspecified atom stereocenters. The molecule has 23 heavy (non-hydrogen) atoms. The molecular formula is C14H16N6O3. The van der Waals surface area contributed by atoms with Crippen LogP contribution in [0.15, 0.2) is 30.5 Å². The first-order valence-corrected chi connectivity index (χ1v) is 6.83. The third-order valence-electron chi connectivity index (χ3n) is 2.97. The summed E-state index contributed by atoms with van der Waals surface area (Å²) in [4.78, 5) is 28.6. The lowest BCUT2D eigenvalue weighted by Gasteiger charge is -2.07. The first kappa shape index (κ1) is 16.1. The number of nitrogens with one attached hydrogen (secondary N) is 2. The van der Waals surface area contributed by atoms with Gasteiger partial charge in [-0.25, -0.2) is 4.98 Å². The third kappa shape index (κ3) is 4.63. The Labute approximate surface area is 132 Å². The number of nitrogen functional groups attached to an aromatic ring is 1. The summed E-state index contributed by atoms with van der Waals surface area (Å²) in [6.45, 7) is 1.99. The predicted molar refractivity (Wildman–Crippen MR) is 86.0 cm³/mol. The van der Waals surface area contributed by atoms with Crippen LogP contribution < -0.4 is 16.4 Å². The molecule has 0 bridgehead atoms. The number of carbonyl (C=O) groups is 1. The van der Waals surface area contributed by atoms with Crippen molar-refractivity contribution >= 4 is 29.0 Å². The highest BCUT2D eigenvalue weighted by Crippen LogP contribution is 2.18. The van der Waals surface area contributed by atoms with Crippen LogP contribution in [0.1, 0.15) is 12.5 Å². The van der Waals surface area contributed by atoms with E-state index < -0.39 is 4.92 Å². The van der Waals surface area contributed by atoms with Gasteiger partial charge in [-0.05, 0) is 24.1 Å². The first-order valence-electron chi connectivity index (χ1n) is 6.83. The lowest BCUT2D eigenvalue weighted by atomic mass is 10.1. The van der Waals surface area contributed by atoms with E-state index in [1.807, 2.05) is 24.3 Å². The van der Waals surface area contributed by atoms with Crippen LogP contribution in [0.3, 0.4) is 0 Å². The van der Waals surface area contributed by atoms with Crippen LogP contribution in [0.4, 0.5) is 23.1 Å². The Hall–Kier alpha value is -3.23. The quantitative estimate of drug-likeness (QED) is 0.543. The monoisotopic (exact) mass is 316 g/mol. The van der Waals surface area contributed by atoms with Gasteiger partial charge in [0, 0.05) is 19.2 Å². The van der Waals surface area contributed by atoms with Gasteiger partial charge < -0.3 is 16.4 Å². The van der Waals surface area contributed by atoms with E-state index >= 15 is 0 Å². The summed E-state index contributed by atoms with van der Waals surface area (Å²) in [5.74, 6) is -0.0533. The predicted octanol–water partition coefficient (Wildman–Crippen LogP) is 1.58. The second kappa shape index (κ2) is 7.16. The molecule has 1 amide bonds. The maximum absolute atomic E-state index is 10.9. The van der Waals surface area contributed by atoms with Crippen molar-refractivity contribution in [1.29, 1.82) is 0 Å². The standard InChI is InChI=1S/C14H16N6O3/c1-9(21)18-11-4-2-10(3-5-11)6-7-16-14-17-8-12(20(22)23)13(15)19-14/h2-5,8H,6-7H2,1H3,(H,18,21)(H3,15,16,17,19). The summed E-state index contributed by atoms with van der Waals surface area (Å²) in [6, 6.07) is 7.43. The fraction of sp³-hybridized carbons (Fsp3) is 0.214. The lowest BCUT2D eigenvalue weighted by Crippen LogP contribution is -2.10. The Balaban J connectivity index is 1.88. The molecule has 1 aromatic heterocycles. The minimum Gasteiger partial charge on any atom is -0.378 e. The Morgan fingerprint density at radius 1 is 1.35 bits per heavy atom. The Morgan fingerprint density at radius 3 is 2.61 bits per heavy atom. The van der Waals surface area contributed by atoms with Crippen LogP contribution in [0.25, 0.3) is 0 Å². The normalized spacial score (nSPS) is 10.1. The molecule has 9 heteroatoms. The van der Waals surface area contributed by atoms with Crippen LogP contribution >= 0.6 is 0 Å². The van der Waals surface area contributed by atoms with Crippen molar-refractivity contribution in [2.45, 2.75) is 13.3 Å². The minimum atomic E-state index is -0.629. The molecule has 0 saturated carbocycles. The molecule has 120 valence electrons. The van der Waals surface area contributed by atoms with Gasteiger partial charge in [-0.1, -0.05) is 12.1 Å². The smallest absolute Gasteiger partial charge is 0.329 e. The van der Waals surface area contributed by atoms with E-state index in [9.17, 15) is 14.9 Å². The number of nitro groups is 1. The zero-order chi connectivity index (χ0) is 16.8. The lowest BCUT2D eigenvalue weighted by molar-refractivity contribution is -0.384. The van der Waals surface area contributed by atoms with Gasteiger partial charge in [0.15, 0.2) is 0 Å². The van der Waals surface area contributed by atoms with Gasteiger partial charge in [0.2, 0.25) is 17.7 Å². The summed E-state index contributed by atoms with van der Waals surface area (Å²) in [5.41, 5.74) is 6.97. The molecule has 1 heterocycles. The van der Waals surface area contributed by atoms with Crippen molar-refractivity contribution in [2.75, 3.05) is 22.9 Å². The van der Waals surface area contributed by atoms with E-state index in [4.69, 9.17) is 5.73 Å². The topological polar surface area (TPSA) is 136 Å². The fourth-order valence-electron chi connectivity index (χ4n) is 1.89. The van der Waals surface area contributed by atoms with E-state index in [0.717, 1.165) is 17.4 Å². The molecule has 0 atom stereocenters. The molecule has 2 rings (SSSR count). The van der Waals surface area contributed by atoms with Crippen LogP contribution in [0.5, 0.6) is 0 Å². The van der Waals surface area contributed by atoms with Gasteiger partial charge in [-0.2, -0.15) is 4.98 Å². The average Bonchev–Trinajstić information content (AvgIpc) is 2.48. The van der Waals surface area contributed by atoms with E-state index in [1.54, 1.807) is 0 Å². The Morgan fingerprint density at radius 2 is 2.04 bits per heavy atom. The molecular weight excluding hydrogens is 300 g/mol. The number of nitrogens with two attached hydrogens (primary N) is 1. The van der Waals surface area contributed by atoms with Crippen molar-refractivity contribution in [3.63, 3.8) is 0 Å². The zero-order valence-corrected chi connectivity index (χ0v) is 12.4. The third-order valence-corrected chi connectivity index (χ3v) is 2.97. The van der Waals surface area contributed by atoms with E-state index in [0.29, 0.717) is 13.0 Å². The van der Waals surface area contributed by atoms with Gasteiger partial charge >= 0.3 is 5.69 Å². The molecule has 1 aromatic carbocycles. The molecule has 0 aliphatic rings. The molecule has 4 N–H and O–H groups in total. The molecule has 9 nitrogen and oxygen atoms in total. The van der Waals surface area contributed by atoms with Gasteiger partial charge in [0.1, 0.15) is 6.20 Å². The molecule has 0 spiro atoms. The van der Waals surface area contributed by atoms with Gasteiger partial charge in [0.25, 0.3) is 0 Å². The summed E-state index contributed by atoms with van der Waals surface area (Å²) in [5, 5.41) is 16.3. The molecule has 0 radical (unpaired) electrons. The number of nitrogens with zero attached hydrogens (tertiary/aromatic N) is 3. The fourth-order valence-corrected chi connectivity index (χ4v) is 1.89. The van der Waals surface area contributed by atoms with Crippen LogP contribution in [-0.2, 0) is 11.2 Å².